The molecule has 19 heavy (non-hydrogen) atoms. The fourth-order valence-electron chi connectivity index (χ4n) is 2.15. The second kappa shape index (κ2) is 6.24. The average molecular weight is 345 g/mol. The third-order valence-corrected chi connectivity index (χ3v) is 4.90. The molecule has 0 aromatic carbocycles. The fourth-order valence-corrected chi connectivity index (χ4v) is 3.52. The molecule has 1 saturated carbocycles. The topological polar surface area (TPSA) is 62.2 Å². The molecule has 1 aromatic rings. The first-order valence-electron chi connectivity index (χ1n) is 6.31. The van der Waals surface area contributed by atoms with Gasteiger partial charge in [-0.2, -0.15) is 0 Å². The molecule has 4 nitrogen and oxygen atoms in total. The standard InChI is InChI=1S/C13H17BrN2O2S/c1-2-16-13(12(17)18,9-3-4-9)8-19-11-6-5-10(14)7-15-11/h5-7,9,16H,2-4,8H2,1H3,(H,17,18). The molecule has 0 aliphatic heterocycles. The maximum absolute atomic E-state index is 11.7. The van der Waals surface area contributed by atoms with Crippen LogP contribution in [0.1, 0.15) is 19.8 Å². The maximum atomic E-state index is 11.7. The van der Waals surface area contributed by atoms with Crippen molar-refractivity contribution in [2.24, 2.45) is 5.92 Å². The smallest absolute Gasteiger partial charge is 0.325 e. The van der Waals surface area contributed by atoms with Crippen molar-refractivity contribution in [3.8, 4) is 0 Å². The summed E-state index contributed by atoms with van der Waals surface area (Å²) in [4.78, 5) is 15.9. The molecule has 2 N–H and O–H groups in total. The van der Waals surface area contributed by atoms with E-state index in [2.05, 4.69) is 26.2 Å². The number of halogens is 1. The summed E-state index contributed by atoms with van der Waals surface area (Å²) in [5.74, 6) is 0.00418. The fraction of sp³-hybridized carbons (Fsp3) is 0.538. The molecule has 1 unspecified atom stereocenters. The van der Waals surface area contributed by atoms with Gasteiger partial charge in [0.05, 0.1) is 5.03 Å². The number of likely N-dealkylation sites (N-methyl/N-ethyl adjacent to an activating group) is 1. The van der Waals surface area contributed by atoms with Gasteiger partial charge in [0.15, 0.2) is 0 Å². The van der Waals surface area contributed by atoms with Crippen molar-refractivity contribution in [3.63, 3.8) is 0 Å². The van der Waals surface area contributed by atoms with Crippen LogP contribution in [-0.2, 0) is 4.79 Å². The van der Waals surface area contributed by atoms with Crippen molar-refractivity contribution in [2.45, 2.75) is 30.3 Å². The Kier molecular flexibility index (Phi) is 4.86. The molecule has 0 saturated heterocycles. The monoisotopic (exact) mass is 344 g/mol. The van der Waals surface area contributed by atoms with Crippen molar-refractivity contribution < 1.29 is 9.90 Å². The zero-order valence-electron chi connectivity index (χ0n) is 10.7. The van der Waals surface area contributed by atoms with Gasteiger partial charge in [0, 0.05) is 16.4 Å². The number of aliphatic carboxylic acids is 1. The minimum atomic E-state index is -0.811. The number of carboxylic acids is 1. The Morgan fingerprint density at radius 2 is 2.37 bits per heavy atom. The van der Waals surface area contributed by atoms with Gasteiger partial charge in [-0.15, -0.1) is 11.8 Å². The minimum Gasteiger partial charge on any atom is -0.480 e. The molecule has 1 aliphatic carbocycles. The highest BCUT2D eigenvalue weighted by Gasteiger charge is 2.50. The van der Waals surface area contributed by atoms with Gasteiger partial charge < -0.3 is 10.4 Å². The quantitative estimate of drug-likeness (QED) is 0.744. The summed E-state index contributed by atoms with van der Waals surface area (Å²) in [6.45, 7) is 2.61. The van der Waals surface area contributed by atoms with E-state index in [1.54, 1.807) is 6.20 Å². The predicted octanol–water partition coefficient (Wildman–Crippen LogP) is 2.78. The lowest BCUT2D eigenvalue weighted by molar-refractivity contribution is -0.144. The van der Waals surface area contributed by atoms with E-state index >= 15 is 0 Å². The molecule has 1 aliphatic rings. The molecule has 1 heterocycles. The van der Waals surface area contributed by atoms with Crippen LogP contribution in [0.5, 0.6) is 0 Å². The first-order chi connectivity index (χ1) is 9.08. The van der Waals surface area contributed by atoms with Crippen molar-refractivity contribution in [2.75, 3.05) is 12.3 Å². The molecule has 0 radical (unpaired) electrons. The lowest BCUT2D eigenvalue weighted by Crippen LogP contribution is -2.56. The van der Waals surface area contributed by atoms with E-state index in [4.69, 9.17) is 0 Å². The Bertz CT molecular complexity index is 450. The number of pyridine rings is 1. The Hall–Kier alpha value is -0.590. The summed E-state index contributed by atoms with van der Waals surface area (Å²) in [7, 11) is 0. The second-order valence-corrected chi connectivity index (χ2v) is 6.60. The highest BCUT2D eigenvalue weighted by molar-refractivity contribution is 9.10. The summed E-state index contributed by atoms with van der Waals surface area (Å²) in [6, 6.07) is 3.82. The summed E-state index contributed by atoms with van der Waals surface area (Å²) in [6.07, 6.45) is 3.72. The van der Waals surface area contributed by atoms with E-state index in [1.165, 1.54) is 11.8 Å². The zero-order chi connectivity index (χ0) is 13.9. The van der Waals surface area contributed by atoms with E-state index in [1.807, 2.05) is 19.1 Å². The van der Waals surface area contributed by atoms with Crippen LogP contribution >= 0.6 is 27.7 Å². The number of rotatable bonds is 7. The van der Waals surface area contributed by atoms with Crippen molar-refractivity contribution in [3.05, 3.63) is 22.8 Å². The van der Waals surface area contributed by atoms with Crippen LogP contribution in [0.4, 0.5) is 0 Å². The molecule has 6 heteroatoms. The number of carbonyl (C=O) groups is 1. The predicted molar refractivity (Wildman–Crippen MR) is 79.4 cm³/mol. The Labute approximate surface area is 125 Å². The molecular formula is C13H17BrN2O2S. The van der Waals surface area contributed by atoms with Crippen LogP contribution in [0.15, 0.2) is 27.8 Å². The summed E-state index contributed by atoms with van der Waals surface area (Å²) >= 11 is 4.84. The lowest BCUT2D eigenvalue weighted by Gasteiger charge is -2.30. The number of hydrogen-bond acceptors (Lipinski definition) is 4. The van der Waals surface area contributed by atoms with E-state index in [9.17, 15) is 9.90 Å². The largest absolute Gasteiger partial charge is 0.480 e. The molecule has 0 spiro atoms. The number of hydrogen-bond donors (Lipinski definition) is 2. The molecule has 1 aromatic heterocycles. The molecular weight excluding hydrogens is 328 g/mol. The molecule has 104 valence electrons. The van der Waals surface area contributed by atoms with Gasteiger partial charge in [-0.1, -0.05) is 6.92 Å². The molecule has 1 fully saturated rings. The van der Waals surface area contributed by atoms with Crippen LogP contribution in [0.2, 0.25) is 0 Å². The van der Waals surface area contributed by atoms with E-state index < -0.39 is 11.5 Å². The summed E-state index contributed by atoms with van der Waals surface area (Å²) in [5, 5.41) is 13.6. The van der Waals surface area contributed by atoms with Crippen LogP contribution < -0.4 is 5.32 Å². The van der Waals surface area contributed by atoms with Crippen LogP contribution in [0, 0.1) is 5.92 Å². The van der Waals surface area contributed by atoms with Gasteiger partial charge in [0.1, 0.15) is 5.54 Å². The number of nitrogens with zero attached hydrogens (tertiary/aromatic N) is 1. The average Bonchev–Trinajstić information content (AvgIpc) is 3.20. The molecule has 2 rings (SSSR count). The molecule has 1 atom stereocenters. The first-order valence-corrected chi connectivity index (χ1v) is 8.09. The highest BCUT2D eigenvalue weighted by atomic mass is 79.9. The SMILES string of the molecule is CCNC(CSc1ccc(Br)cn1)(C(=O)O)C1CC1. The van der Waals surface area contributed by atoms with Gasteiger partial charge >= 0.3 is 5.97 Å². The number of nitrogens with one attached hydrogen (secondary N) is 1. The summed E-state index contributed by atoms with van der Waals surface area (Å²) < 4.78 is 0.926. The zero-order valence-corrected chi connectivity index (χ0v) is 13.1. The number of thioether (sulfide) groups is 1. The van der Waals surface area contributed by atoms with Gasteiger partial charge in [-0.25, -0.2) is 4.98 Å². The van der Waals surface area contributed by atoms with Gasteiger partial charge in [0.25, 0.3) is 0 Å². The van der Waals surface area contributed by atoms with Crippen molar-refractivity contribution >= 4 is 33.7 Å². The minimum absolute atomic E-state index is 0.243. The van der Waals surface area contributed by atoms with Crippen LogP contribution in [0.25, 0.3) is 0 Å². The molecule has 0 amide bonds. The van der Waals surface area contributed by atoms with E-state index in [0.717, 1.165) is 22.3 Å². The first kappa shape index (κ1) is 14.8. The van der Waals surface area contributed by atoms with Crippen molar-refractivity contribution in [1.29, 1.82) is 0 Å². The normalized spacial score (nSPS) is 18.0. The third-order valence-electron chi connectivity index (χ3n) is 3.30. The Morgan fingerprint density at radius 3 is 2.84 bits per heavy atom. The number of aromatic nitrogens is 1. The third kappa shape index (κ3) is 3.49. The second-order valence-electron chi connectivity index (χ2n) is 4.68. The van der Waals surface area contributed by atoms with E-state index in [-0.39, 0.29) is 5.92 Å². The maximum Gasteiger partial charge on any atom is 0.325 e. The Balaban J connectivity index is 2.07. The van der Waals surface area contributed by atoms with Crippen LogP contribution in [0.3, 0.4) is 0 Å². The van der Waals surface area contributed by atoms with Gasteiger partial charge in [0.2, 0.25) is 0 Å². The molecule has 0 bridgehead atoms. The van der Waals surface area contributed by atoms with Crippen LogP contribution in [-0.4, -0.2) is 33.9 Å². The number of carboxylic acid groups (broad SMARTS) is 1. The summed E-state index contributed by atoms with van der Waals surface area (Å²) in [5.41, 5.74) is -0.811. The van der Waals surface area contributed by atoms with Crippen molar-refractivity contribution in [1.82, 2.24) is 10.3 Å². The highest BCUT2D eigenvalue weighted by Crippen LogP contribution is 2.42. The lowest BCUT2D eigenvalue weighted by atomic mass is 9.96. The van der Waals surface area contributed by atoms with Gasteiger partial charge in [-0.3, -0.25) is 4.79 Å². The van der Waals surface area contributed by atoms with E-state index in [0.29, 0.717) is 12.3 Å². The van der Waals surface area contributed by atoms with Gasteiger partial charge in [-0.05, 0) is 53.4 Å². The Morgan fingerprint density at radius 1 is 1.63 bits per heavy atom.